The van der Waals surface area contributed by atoms with Crippen LogP contribution < -0.4 is 10.6 Å². The quantitative estimate of drug-likeness (QED) is 0.262. The smallest absolute Gasteiger partial charge is 0.0458 e. The Labute approximate surface area is 188 Å². The summed E-state index contributed by atoms with van der Waals surface area (Å²) in [5.41, 5.74) is 10.1. The summed E-state index contributed by atoms with van der Waals surface area (Å²) >= 11 is 0. The fraction of sp³-hybridized carbons (Fsp3) is 0.0345. The van der Waals surface area contributed by atoms with Gasteiger partial charge >= 0.3 is 0 Å². The van der Waals surface area contributed by atoms with Crippen molar-refractivity contribution < 1.29 is 0 Å². The van der Waals surface area contributed by atoms with Crippen LogP contribution in [-0.4, -0.2) is 4.98 Å². The number of benzene rings is 4. The molecule has 0 unspecified atom stereocenters. The highest BCUT2D eigenvalue weighted by Crippen LogP contribution is 2.28. The SMILES string of the molecule is Cc1ccc(Nc2ccc(-c3ccc(-c4ccc(Nc5ccccc5)cc4)[nH]3)cc2)cc1. The van der Waals surface area contributed by atoms with E-state index in [9.17, 15) is 0 Å². The molecular weight excluding hydrogens is 390 g/mol. The van der Waals surface area contributed by atoms with E-state index in [2.05, 4.69) is 120 Å². The fourth-order valence-corrected chi connectivity index (χ4v) is 3.69. The highest BCUT2D eigenvalue weighted by atomic mass is 14.9. The zero-order valence-electron chi connectivity index (χ0n) is 18.0. The topological polar surface area (TPSA) is 39.8 Å². The van der Waals surface area contributed by atoms with Gasteiger partial charge in [-0.05, 0) is 78.7 Å². The van der Waals surface area contributed by atoms with E-state index in [0.29, 0.717) is 0 Å². The first-order valence-corrected chi connectivity index (χ1v) is 10.8. The molecule has 3 nitrogen and oxygen atoms in total. The average molecular weight is 416 g/mol. The standard InChI is InChI=1S/C29H25N3/c1-21-7-13-25(14-8-21)31-27-17-11-23(12-18-27)29-20-19-28(32-29)22-9-15-26(16-10-22)30-24-5-3-2-4-6-24/h2-20,30-32H,1H3. The first kappa shape index (κ1) is 19.7. The maximum absolute atomic E-state index is 3.55. The summed E-state index contributed by atoms with van der Waals surface area (Å²) in [6, 6.07) is 39.9. The van der Waals surface area contributed by atoms with Gasteiger partial charge in [-0.2, -0.15) is 0 Å². The molecule has 3 heteroatoms. The number of anilines is 4. The van der Waals surface area contributed by atoms with Gasteiger partial charge in [0.15, 0.2) is 0 Å². The van der Waals surface area contributed by atoms with Crippen molar-refractivity contribution in [2.75, 3.05) is 10.6 Å². The van der Waals surface area contributed by atoms with Crippen LogP contribution in [0.4, 0.5) is 22.7 Å². The molecule has 1 aromatic heterocycles. The molecule has 0 bridgehead atoms. The molecule has 0 fully saturated rings. The zero-order valence-corrected chi connectivity index (χ0v) is 18.0. The first-order valence-electron chi connectivity index (χ1n) is 10.8. The van der Waals surface area contributed by atoms with Crippen LogP contribution in [0.15, 0.2) is 115 Å². The second-order valence-corrected chi connectivity index (χ2v) is 7.92. The molecule has 5 aromatic rings. The van der Waals surface area contributed by atoms with Gasteiger partial charge < -0.3 is 15.6 Å². The number of para-hydroxylation sites is 1. The monoisotopic (exact) mass is 415 g/mol. The number of nitrogens with one attached hydrogen (secondary N) is 3. The first-order chi connectivity index (χ1) is 15.7. The molecule has 32 heavy (non-hydrogen) atoms. The van der Waals surface area contributed by atoms with Crippen molar-refractivity contribution in [1.82, 2.24) is 4.98 Å². The summed E-state index contributed by atoms with van der Waals surface area (Å²) in [5, 5.41) is 6.87. The predicted octanol–water partition coefficient (Wildman–Crippen LogP) is 8.14. The molecular formula is C29H25N3. The van der Waals surface area contributed by atoms with Crippen LogP contribution in [0.2, 0.25) is 0 Å². The van der Waals surface area contributed by atoms with Crippen molar-refractivity contribution in [3.05, 3.63) is 121 Å². The lowest BCUT2D eigenvalue weighted by atomic mass is 10.1. The molecule has 0 aliphatic carbocycles. The number of aromatic amines is 1. The van der Waals surface area contributed by atoms with Crippen molar-refractivity contribution >= 4 is 22.7 Å². The average Bonchev–Trinajstić information content (AvgIpc) is 3.33. The molecule has 0 aliphatic rings. The van der Waals surface area contributed by atoms with Gasteiger partial charge in [0.05, 0.1) is 0 Å². The molecule has 3 N–H and O–H groups in total. The molecule has 0 atom stereocenters. The van der Waals surface area contributed by atoms with Crippen LogP contribution >= 0.6 is 0 Å². The van der Waals surface area contributed by atoms with Gasteiger partial charge in [0.1, 0.15) is 0 Å². The largest absolute Gasteiger partial charge is 0.356 e. The van der Waals surface area contributed by atoms with Gasteiger partial charge in [0, 0.05) is 34.1 Å². The van der Waals surface area contributed by atoms with Crippen molar-refractivity contribution in [3.8, 4) is 22.5 Å². The molecule has 0 spiro atoms. The van der Waals surface area contributed by atoms with Crippen LogP contribution in [0.1, 0.15) is 5.56 Å². The van der Waals surface area contributed by atoms with Gasteiger partial charge in [-0.15, -0.1) is 0 Å². The van der Waals surface area contributed by atoms with Crippen LogP contribution in [-0.2, 0) is 0 Å². The van der Waals surface area contributed by atoms with Gasteiger partial charge in [-0.1, -0.05) is 60.2 Å². The van der Waals surface area contributed by atoms with Gasteiger partial charge in [-0.3, -0.25) is 0 Å². The summed E-state index contributed by atoms with van der Waals surface area (Å²) < 4.78 is 0. The summed E-state index contributed by atoms with van der Waals surface area (Å²) in [4.78, 5) is 3.55. The Morgan fingerprint density at radius 2 is 0.844 bits per heavy atom. The maximum Gasteiger partial charge on any atom is 0.0458 e. The lowest BCUT2D eigenvalue weighted by molar-refractivity contribution is 1.39. The van der Waals surface area contributed by atoms with E-state index in [1.807, 2.05) is 18.2 Å². The molecule has 0 saturated carbocycles. The van der Waals surface area contributed by atoms with E-state index in [0.717, 1.165) is 45.3 Å². The Hall–Kier alpha value is -4.24. The van der Waals surface area contributed by atoms with Crippen molar-refractivity contribution in [3.63, 3.8) is 0 Å². The number of rotatable bonds is 6. The van der Waals surface area contributed by atoms with E-state index >= 15 is 0 Å². The van der Waals surface area contributed by atoms with E-state index < -0.39 is 0 Å². The third-order valence-corrected chi connectivity index (χ3v) is 5.48. The molecule has 4 aromatic carbocycles. The number of hydrogen-bond donors (Lipinski definition) is 3. The predicted molar refractivity (Wildman–Crippen MR) is 136 cm³/mol. The zero-order chi connectivity index (χ0) is 21.8. The molecule has 0 radical (unpaired) electrons. The van der Waals surface area contributed by atoms with Crippen molar-refractivity contribution in [2.45, 2.75) is 6.92 Å². The number of aryl methyl sites for hydroxylation is 1. The summed E-state index contributed by atoms with van der Waals surface area (Å²) in [5.74, 6) is 0. The normalized spacial score (nSPS) is 10.7. The Bertz CT molecular complexity index is 1280. The Morgan fingerprint density at radius 1 is 0.438 bits per heavy atom. The van der Waals surface area contributed by atoms with Crippen LogP contribution in [0, 0.1) is 6.92 Å². The Morgan fingerprint density at radius 3 is 1.31 bits per heavy atom. The summed E-state index contributed by atoms with van der Waals surface area (Å²) in [6.07, 6.45) is 0. The van der Waals surface area contributed by atoms with Crippen LogP contribution in [0.5, 0.6) is 0 Å². The van der Waals surface area contributed by atoms with Crippen LogP contribution in [0.25, 0.3) is 22.5 Å². The minimum absolute atomic E-state index is 1.07. The second-order valence-electron chi connectivity index (χ2n) is 7.92. The highest BCUT2D eigenvalue weighted by Gasteiger charge is 2.05. The summed E-state index contributed by atoms with van der Waals surface area (Å²) in [7, 11) is 0. The Kier molecular flexibility index (Phi) is 5.46. The lowest BCUT2D eigenvalue weighted by Crippen LogP contribution is -1.90. The van der Waals surface area contributed by atoms with E-state index in [-0.39, 0.29) is 0 Å². The molecule has 0 amide bonds. The van der Waals surface area contributed by atoms with Crippen molar-refractivity contribution in [1.29, 1.82) is 0 Å². The highest BCUT2D eigenvalue weighted by molar-refractivity contribution is 5.72. The molecule has 1 heterocycles. The van der Waals surface area contributed by atoms with E-state index in [1.165, 1.54) is 5.56 Å². The molecule has 0 saturated heterocycles. The Balaban J connectivity index is 1.27. The number of hydrogen-bond acceptors (Lipinski definition) is 2. The second kappa shape index (κ2) is 8.86. The van der Waals surface area contributed by atoms with Gasteiger partial charge in [-0.25, -0.2) is 0 Å². The molecule has 0 aliphatic heterocycles. The van der Waals surface area contributed by atoms with Crippen molar-refractivity contribution in [2.24, 2.45) is 0 Å². The minimum Gasteiger partial charge on any atom is -0.356 e. The number of aromatic nitrogens is 1. The van der Waals surface area contributed by atoms with E-state index in [1.54, 1.807) is 0 Å². The lowest BCUT2D eigenvalue weighted by Gasteiger charge is -2.08. The summed E-state index contributed by atoms with van der Waals surface area (Å²) in [6.45, 7) is 2.10. The fourth-order valence-electron chi connectivity index (χ4n) is 3.69. The maximum atomic E-state index is 3.55. The van der Waals surface area contributed by atoms with E-state index in [4.69, 9.17) is 0 Å². The third kappa shape index (κ3) is 4.57. The number of H-pyrrole nitrogens is 1. The minimum atomic E-state index is 1.07. The van der Waals surface area contributed by atoms with Gasteiger partial charge in [0.2, 0.25) is 0 Å². The van der Waals surface area contributed by atoms with Crippen LogP contribution in [0.3, 0.4) is 0 Å². The van der Waals surface area contributed by atoms with Gasteiger partial charge in [0.25, 0.3) is 0 Å². The molecule has 5 rings (SSSR count). The molecule has 156 valence electrons. The third-order valence-electron chi connectivity index (χ3n) is 5.48.